The van der Waals surface area contributed by atoms with Gasteiger partial charge in [-0.15, -0.1) is 0 Å². The van der Waals surface area contributed by atoms with Crippen LogP contribution in [0.5, 0.6) is 5.75 Å². The molecule has 1 aliphatic carbocycles. The minimum absolute atomic E-state index is 0.115. The number of fused-ring (bicyclic) bond motifs is 3. The molecule has 1 aliphatic heterocycles. The monoisotopic (exact) mass is 320 g/mol. The summed E-state index contributed by atoms with van der Waals surface area (Å²) < 4.78 is 5.52. The lowest BCUT2D eigenvalue weighted by Crippen LogP contribution is -2.29. The van der Waals surface area contributed by atoms with Gasteiger partial charge in [-0.2, -0.15) is 0 Å². The molecule has 0 radical (unpaired) electrons. The molecule has 4 heteroatoms. The number of carboxylic acids is 1. The van der Waals surface area contributed by atoms with Gasteiger partial charge in [-0.05, 0) is 35.1 Å². The fourth-order valence-electron chi connectivity index (χ4n) is 3.92. The van der Waals surface area contributed by atoms with Crippen LogP contribution in [0.25, 0.3) is 0 Å². The van der Waals surface area contributed by atoms with Gasteiger partial charge in [0, 0.05) is 5.92 Å². The highest BCUT2D eigenvalue weighted by molar-refractivity contribution is 5.85. The Bertz CT molecular complexity index is 810. The minimum Gasteiger partial charge on any atom is -0.545 e. The Labute approximate surface area is 140 Å². The summed E-state index contributed by atoms with van der Waals surface area (Å²) in [6.45, 7) is 0. The van der Waals surface area contributed by atoms with Crippen LogP contribution in [-0.4, -0.2) is 13.1 Å². The van der Waals surface area contributed by atoms with Gasteiger partial charge in [0.05, 0.1) is 24.8 Å². The fourth-order valence-corrected chi connectivity index (χ4v) is 3.92. The van der Waals surface area contributed by atoms with Gasteiger partial charge in [-0.25, -0.2) is 0 Å². The van der Waals surface area contributed by atoms with Crippen LogP contribution in [0.3, 0.4) is 0 Å². The number of ether oxygens (including phenoxy) is 1. The summed E-state index contributed by atoms with van der Waals surface area (Å²) >= 11 is 0. The van der Waals surface area contributed by atoms with Crippen LogP contribution in [0.2, 0.25) is 0 Å². The number of carbonyl (C=O) groups is 1. The predicted octanol–water partition coefficient (Wildman–Crippen LogP) is 2.89. The molecule has 0 unspecified atom stereocenters. The van der Waals surface area contributed by atoms with E-state index in [9.17, 15) is 9.90 Å². The quantitative estimate of drug-likeness (QED) is 0.883. The number of nitrogens with one attached hydrogen (secondary N) is 1. The molecule has 1 heterocycles. The zero-order valence-electron chi connectivity index (χ0n) is 13.4. The number of methoxy groups -OCH3 is 1. The predicted molar refractivity (Wildman–Crippen MR) is 90.1 cm³/mol. The molecule has 3 atom stereocenters. The largest absolute Gasteiger partial charge is 0.545 e. The molecule has 0 spiro atoms. The Morgan fingerprint density at radius 1 is 1.21 bits per heavy atom. The van der Waals surface area contributed by atoms with Crippen LogP contribution in [0, 0.1) is 5.92 Å². The third-order valence-electron chi connectivity index (χ3n) is 5.08. The van der Waals surface area contributed by atoms with Crippen LogP contribution in [0.4, 0.5) is 5.69 Å². The second-order valence-corrected chi connectivity index (χ2v) is 6.31. The molecule has 0 amide bonds. The fraction of sp³-hybridized carbons (Fsp3) is 0.250. The number of carbonyl (C=O) groups excluding carboxylic acids is 1. The Balaban J connectivity index is 1.76. The lowest BCUT2D eigenvalue weighted by atomic mass is 9.77. The van der Waals surface area contributed by atoms with Crippen molar-refractivity contribution in [3.8, 4) is 5.75 Å². The van der Waals surface area contributed by atoms with Gasteiger partial charge < -0.3 is 20.0 Å². The Kier molecular flexibility index (Phi) is 3.53. The molecule has 2 aromatic carbocycles. The lowest BCUT2D eigenvalue weighted by Gasteiger charge is -2.38. The van der Waals surface area contributed by atoms with Gasteiger partial charge >= 0.3 is 0 Å². The van der Waals surface area contributed by atoms with Crippen molar-refractivity contribution in [3.05, 3.63) is 71.3 Å². The van der Waals surface area contributed by atoms with E-state index in [-0.39, 0.29) is 11.6 Å². The highest BCUT2D eigenvalue weighted by Gasteiger charge is 2.38. The second kappa shape index (κ2) is 5.71. The van der Waals surface area contributed by atoms with Crippen LogP contribution in [0.15, 0.2) is 54.6 Å². The van der Waals surface area contributed by atoms with Crippen molar-refractivity contribution in [2.45, 2.75) is 18.4 Å². The first kappa shape index (κ1) is 14.8. The number of hydrogen-bond acceptors (Lipinski definition) is 4. The number of benzene rings is 2. The molecule has 4 rings (SSSR count). The Hall–Kier alpha value is -2.75. The molecule has 0 aromatic heterocycles. The van der Waals surface area contributed by atoms with E-state index in [0.29, 0.717) is 11.8 Å². The van der Waals surface area contributed by atoms with E-state index < -0.39 is 5.97 Å². The molecule has 0 saturated heterocycles. The van der Waals surface area contributed by atoms with Crippen molar-refractivity contribution >= 4 is 11.7 Å². The molecular formula is C20H18NO3-. The maximum absolute atomic E-state index is 11.0. The van der Waals surface area contributed by atoms with Crippen molar-refractivity contribution in [2.75, 3.05) is 12.4 Å². The molecule has 1 N–H and O–H groups in total. The van der Waals surface area contributed by atoms with Gasteiger partial charge in [0.15, 0.2) is 0 Å². The number of para-hydroxylation sites is 1. The van der Waals surface area contributed by atoms with Gasteiger partial charge in [0.2, 0.25) is 0 Å². The molecule has 2 aromatic rings. The number of allylic oxidation sites excluding steroid dienone is 2. The first-order valence-electron chi connectivity index (χ1n) is 8.10. The van der Waals surface area contributed by atoms with E-state index in [4.69, 9.17) is 4.74 Å². The molecule has 0 bridgehead atoms. The highest BCUT2D eigenvalue weighted by atomic mass is 16.5. The van der Waals surface area contributed by atoms with E-state index >= 15 is 0 Å². The number of rotatable bonds is 3. The Morgan fingerprint density at radius 3 is 2.71 bits per heavy atom. The Morgan fingerprint density at radius 2 is 2.00 bits per heavy atom. The lowest BCUT2D eigenvalue weighted by molar-refractivity contribution is -0.255. The first-order valence-corrected chi connectivity index (χ1v) is 8.10. The summed E-state index contributed by atoms with van der Waals surface area (Å²) in [6.07, 6.45) is 5.50. The average Bonchev–Trinajstić information content (AvgIpc) is 3.10. The maximum Gasteiger partial charge on any atom is 0.142 e. The van der Waals surface area contributed by atoms with Crippen molar-refractivity contribution < 1.29 is 14.6 Å². The third kappa shape index (κ3) is 2.26. The van der Waals surface area contributed by atoms with Gasteiger partial charge in [0.1, 0.15) is 5.75 Å². The number of anilines is 1. The molecular weight excluding hydrogens is 302 g/mol. The standard InChI is InChI=1S/C20H19NO3/c1-24-17-7-3-6-16-14-4-2-5-15(14)18(21-19(16)17)12-8-10-13(11-9-12)20(22)23/h2-4,6-11,14-15,18,21H,5H2,1H3,(H,22,23)/p-1/t14-,15-,18-/m0/s1. The zero-order valence-corrected chi connectivity index (χ0v) is 13.4. The second-order valence-electron chi connectivity index (χ2n) is 6.31. The van der Waals surface area contributed by atoms with E-state index in [1.54, 1.807) is 19.2 Å². The van der Waals surface area contributed by atoms with Gasteiger partial charge in [0.25, 0.3) is 0 Å². The first-order chi connectivity index (χ1) is 11.7. The third-order valence-corrected chi connectivity index (χ3v) is 5.08. The van der Waals surface area contributed by atoms with Crippen LogP contribution in [0.1, 0.15) is 39.9 Å². The smallest absolute Gasteiger partial charge is 0.142 e. The van der Waals surface area contributed by atoms with Crippen molar-refractivity contribution in [1.29, 1.82) is 0 Å². The molecule has 122 valence electrons. The van der Waals surface area contributed by atoms with Crippen LogP contribution >= 0.6 is 0 Å². The number of carboxylic acid groups (broad SMARTS) is 1. The van der Waals surface area contributed by atoms with Crippen LogP contribution in [-0.2, 0) is 0 Å². The maximum atomic E-state index is 11.0. The van der Waals surface area contributed by atoms with Crippen molar-refractivity contribution in [2.24, 2.45) is 5.92 Å². The summed E-state index contributed by atoms with van der Waals surface area (Å²) in [6, 6.07) is 13.2. The van der Waals surface area contributed by atoms with Crippen LogP contribution < -0.4 is 15.2 Å². The van der Waals surface area contributed by atoms with E-state index in [1.165, 1.54) is 5.56 Å². The summed E-state index contributed by atoms with van der Waals surface area (Å²) in [4.78, 5) is 11.0. The summed E-state index contributed by atoms with van der Waals surface area (Å²) in [5.74, 6) is 0.453. The van der Waals surface area contributed by atoms with Crippen molar-refractivity contribution in [3.63, 3.8) is 0 Å². The van der Waals surface area contributed by atoms with E-state index in [2.05, 4.69) is 23.5 Å². The SMILES string of the molecule is COc1cccc2c1N[C@@H](c1ccc(C(=O)[O-])cc1)[C@H]1CC=C[C@H]21. The average molecular weight is 320 g/mol. The molecule has 2 aliphatic rings. The normalized spacial score (nSPS) is 24.0. The minimum atomic E-state index is -1.15. The van der Waals surface area contributed by atoms with Gasteiger partial charge in [-0.3, -0.25) is 0 Å². The molecule has 4 nitrogen and oxygen atoms in total. The summed E-state index contributed by atoms with van der Waals surface area (Å²) in [7, 11) is 1.68. The van der Waals surface area contributed by atoms with E-state index in [0.717, 1.165) is 23.4 Å². The summed E-state index contributed by atoms with van der Waals surface area (Å²) in [5, 5.41) is 14.6. The topological polar surface area (TPSA) is 61.4 Å². The van der Waals surface area contributed by atoms with Crippen molar-refractivity contribution in [1.82, 2.24) is 0 Å². The van der Waals surface area contributed by atoms with E-state index in [1.807, 2.05) is 24.3 Å². The number of hydrogen-bond donors (Lipinski definition) is 1. The molecule has 24 heavy (non-hydrogen) atoms. The zero-order chi connectivity index (χ0) is 16.7. The molecule has 0 fully saturated rings. The number of aromatic carboxylic acids is 1. The molecule has 0 saturated carbocycles. The highest BCUT2D eigenvalue weighted by Crippen LogP contribution is 2.52. The summed E-state index contributed by atoms with van der Waals surface area (Å²) in [5.41, 5.74) is 3.57. The van der Waals surface area contributed by atoms with Gasteiger partial charge in [-0.1, -0.05) is 48.6 Å².